The largest absolute Gasteiger partial charge is 0.395 e. The SMILES string of the molecule is CO[C@@H](O[SiH](C)C)C1CCC(=O)N1CCCN. The summed E-state index contributed by atoms with van der Waals surface area (Å²) in [6.45, 7) is 5.52. The van der Waals surface area contributed by atoms with Gasteiger partial charge in [0.05, 0.1) is 6.04 Å². The average Bonchev–Trinajstić information content (AvgIpc) is 2.64. The Bertz CT molecular complexity index is 251. The number of hydrogen-bond donors (Lipinski definition) is 1. The van der Waals surface area contributed by atoms with Gasteiger partial charge in [0.1, 0.15) is 0 Å². The second-order valence-corrected chi connectivity index (χ2v) is 6.99. The number of carbonyl (C=O) groups is 1. The Kier molecular flexibility index (Phi) is 6.11. The molecule has 1 rings (SSSR count). The zero-order valence-corrected chi connectivity index (χ0v) is 12.2. The van der Waals surface area contributed by atoms with Crippen molar-refractivity contribution in [2.24, 2.45) is 5.73 Å². The van der Waals surface area contributed by atoms with Crippen LogP contribution in [0.15, 0.2) is 0 Å². The van der Waals surface area contributed by atoms with Crippen LogP contribution in [0.1, 0.15) is 19.3 Å². The molecule has 1 heterocycles. The van der Waals surface area contributed by atoms with Crippen molar-refractivity contribution < 1.29 is 14.0 Å². The molecule has 0 aliphatic carbocycles. The van der Waals surface area contributed by atoms with Crippen LogP contribution in [0.25, 0.3) is 0 Å². The van der Waals surface area contributed by atoms with E-state index < -0.39 is 9.04 Å². The third-order valence-corrected chi connectivity index (χ3v) is 3.74. The molecule has 0 saturated carbocycles. The monoisotopic (exact) mass is 260 g/mol. The van der Waals surface area contributed by atoms with Crippen molar-refractivity contribution in [3.63, 3.8) is 0 Å². The summed E-state index contributed by atoms with van der Waals surface area (Å²) >= 11 is 0. The van der Waals surface area contributed by atoms with Crippen molar-refractivity contribution in [2.45, 2.75) is 44.7 Å². The van der Waals surface area contributed by atoms with Gasteiger partial charge in [-0.1, -0.05) is 0 Å². The lowest BCUT2D eigenvalue weighted by atomic mass is 10.2. The summed E-state index contributed by atoms with van der Waals surface area (Å²) in [6, 6.07) is 0.0638. The van der Waals surface area contributed by atoms with Gasteiger partial charge in [-0.2, -0.15) is 0 Å². The molecule has 5 nitrogen and oxygen atoms in total. The van der Waals surface area contributed by atoms with Gasteiger partial charge in [-0.25, -0.2) is 0 Å². The normalized spacial score (nSPS) is 22.5. The summed E-state index contributed by atoms with van der Waals surface area (Å²) in [7, 11) is 0.479. The lowest BCUT2D eigenvalue weighted by Gasteiger charge is -2.31. The van der Waals surface area contributed by atoms with E-state index in [1.165, 1.54) is 0 Å². The molecule has 1 amide bonds. The van der Waals surface area contributed by atoms with Crippen molar-refractivity contribution >= 4 is 14.9 Å². The van der Waals surface area contributed by atoms with Crippen LogP contribution < -0.4 is 5.73 Å². The number of hydrogen-bond acceptors (Lipinski definition) is 4. The van der Waals surface area contributed by atoms with E-state index in [0.717, 1.165) is 12.8 Å². The molecule has 0 aromatic carbocycles. The van der Waals surface area contributed by atoms with Crippen molar-refractivity contribution in [3.05, 3.63) is 0 Å². The molecule has 6 heteroatoms. The second kappa shape index (κ2) is 7.10. The number of amides is 1. The number of nitrogens with zero attached hydrogens (tertiary/aromatic N) is 1. The maximum absolute atomic E-state index is 11.8. The fraction of sp³-hybridized carbons (Fsp3) is 0.909. The molecule has 100 valence electrons. The van der Waals surface area contributed by atoms with Gasteiger partial charge in [0.15, 0.2) is 15.3 Å². The highest BCUT2D eigenvalue weighted by Crippen LogP contribution is 2.24. The zero-order valence-electron chi connectivity index (χ0n) is 11.0. The zero-order chi connectivity index (χ0) is 12.8. The van der Waals surface area contributed by atoms with Crippen LogP contribution in [0.3, 0.4) is 0 Å². The lowest BCUT2D eigenvalue weighted by Crippen LogP contribution is -2.45. The van der Waals surface area contributed by atoms with Crippen LogP contribution >= 0.6 is 0 Å². The quantitative estimate of drug-likeness (QED) is 0.528. The Morgan fingerprint density at radius 1 is 1.59 bits per heavy atom. The third kappa shape index (κ3) is 4.06. The van der Waals surface area contributed by atoms with Crippen LogP contribution in [0, 0.1) is 0 Å². The van der Waals surface area contributed by atoms with Gasteiger partial charge >= 0.3 is 0 Å². The molecule has 1 aliphatic heterocycles. The van der Waals surface area contributed by atoms with E-state index >= 15 is 0 Å². The van der Waals surface area contributed by atoms with Gasteiger partial charge in [0.2, 0.25) is 5.91 Å². The molecule has 17 heavy (non-hydrogen) atoms. The maximum atomic E-state index is 11.8. The summed E-state index contributed by atoms with van der Waals surface area (Å²) in [5.41, 5.74) is 5.49. The molecule has 0 spiro atoms. The van der Waals surface area contributed by atoms with Gasteiger partial charge in [-0.3, -0.25) is 4.79 Å². The minimum absolute atomic E-state index is 0.0638. The second-order valence-electron chi connectivity index (χ2n) is 4.62. The number of likely N-dealkylation sites (tertiary alicyclic amines) is 1. The van der Waals surface area contributed by atoms with Gasteiger partial charge in [-0.15, -0.1) is 0 Å². The fourth-order valence-electron chi connectivity index (χ4n) is 2.16. The van der Waals surface area contributed by atoms with Crippen molar-refractivity contribution in [3.8, 4) is 0 Å². The number of carbonyl (C=O) groups excluding carboxylic acids is 1. The van der Waals surface area contributed by atoms with E-state index in [-0.39, 0.29) is 18.2 Å². The molecule has 1 unspecified atom stereocenters. The first-order valence-corrected chi connectivity index (χ1v) is 9.06. The first kappa shape index (κ1) is 14.6. The Labute approximate surface area is 105 Å². The third-order valence-electron chi connectivity index (χ3n) is 2.93. The molecule has 0 aromatic heterocycles. The van der Waals surface area contributed by atoms with Gasteiger partial charge < -0.3 is 19.8 Å². The van der Waals surface area contributed by atoms with Crippen LogP contribution in [0.2, 0.25) is 13.1 Å². The smallest absolute Gasteiger partial charge is 0.223 e. The van der Waals surface area contributed by atoms with Crippen LogP contribution in [-0.4, -0.2) is 52.4 Å². The Balaban J connectivity index is 2.61. The Morgan fingerprint density at radius 2 is 2.29 bits per heavy atom. The van der Waals surface area contributed by atoms with E-state index in [4.69, 9.17) is 14.9 Å². The van der Waals surface area contributed by atoms with Gasteiger partial charge in [0.25, 0.3) is 0 Å². The minimum atomic E-state index is -1.16. The Hall–Kier alpha value is -0.433. The first-order valence-electron chi connectivity index (χ1n) is 6.28. The molecule has 0 bridgehead atoms. The lowest BCUT2D eigenvalue weighted by molar-refractivity contribution is -0.139. The molecule has 1 fully saturated rings. The molecule has 2 atom stereocenters. The molecular weight excluding hydrogens is 236 g/mol. The van der Waals surface area contributed by atoms with Crippen LogP contribution in [0.5, 0.6) is 0 Å². The molecule has 1 saturated heterocycles. The van der Waals surface area contributed by atoms with E-state index in [1.54, 1.807) is 7.11 Å². The van der Waals surface area contributed by atoms with Crippen molar-refractivity contribution in [1.82, 2.24) is 4.90 Å². The van der Waals surface area contributed by atoms with E-state index in [1.807, 2.05) is 4.90 Å². The number of nitrogens with two attached hydrogens (primary N) is 1. The summed E-state index contributed by atoms with van der Waals surface area (Å²) in [5, 5.41) is 0. The van der Waals surface area contributed by atoms with Crippen molar-refractivity contribution in [1.29, 1.82) is 0 Å². The van der Waals surface area contributed by atoms with E-state index in [0.29, 0.717) is 19.5 Å². The molecule has 0 aromatic rings. The summed E-state index contributed by atoms with van der Waals surface area (Å²) in [4.78, 5) is 13.7. The predicted octanol–water partition coefficient (Wildman–Crippen LogP) is 0.299. The van der Waals surface area contributed by atoms with Crippen molar-refractivity contribution in [2.75, 3.05) is 20.2 Å². The topological polar surface area (TPSA) is 64.8 Å². The highest BCUT2D eigenvalue weighted by molar-refractivity contribution is 6.48. The summed E-state index contributed by atoms with van der Waals surface area (Å²) < 4.78 is 11.2. The summed E-state index contributed by atoms with van der Waals surface area (Å²) in [6.07, 6.45) is 1.98. The first-order chi connectivity index (χ1) is 8.10. The molecule has 2 N–H and O–H groups in total. The maximum Gasteiger partial charge on any atom is 0.223 e. The highest BCUT2D eigenvalue weighted by Gasteiger charge is 2.37. The number of ether oxygens (including phenoxy) is 1. The van der Waals surface area contributed by atoms with Gasteiger partial charge in [0, 0.05) is 20.1 Å². The van der Waals surface area contributed by atoms with E-state index in [2.05, 4.69) is 13.1 Å². The number of methoxy groups -OCH3 is 1. The highest BCUT2D eigenvalue weighted by atomic mass is 28.3. The van der Waals surface area contributed by atoms with Crippen LogP contribution in [-0.2, 0) is 14.0 Å². The summed E-state index contributed by atoms with van der Waals surface area (Å²) in [5.74, 6) is 0.194. The molecule has 1 aliphatic rings. The van der Waals surface area contributed by atoms with Gasteiger partial charge in [-0.05, 0) is 32.5 Å². The van der Waals surface area contributed by atoms with Crippen LogP contribution in [0.4, 0.5) is 0 Å². The molecular formula is C11H24N2O3Si. The number of rotatable bonds is 7. The predicted molar refractivity (Wildman–Crippen MR) is 69.2 cm³/mol. The molecule has 0 radical (unpaired) electrons. The Morgan fingerprint density at radius 3 is 2.82 bits per heavy atom. The standard InChI is InChI=1S/C11H24N2O3Si/c1-15-11(16-17(2)3)9-5-6-10(14)13(9)8-4-7-12/h9,11,17H,4-8,12H2,1-3H3/t9?,11-/m0/s1. The van der Waals surface area contributed by atoms with E-state index in [9.17, 15) is 4.79 Å². The average molecular weight is 260 g/mol. The fourth-order valence-corrected chi connectivity index (χ4v) is 2.99. The minimum Gasteiger partial charge on any atom is -0.395 e.